The van der Waals surface area contributed by atoms with Gasteiger partial charge in [0.15, 0.2) is 11.5 Å². The van der Waals surface area contributed by atoms with E-state index in [0.717, 1.165) is 35.7 Å². The van der Waals surface area contributed by atoms with Crippen LogP contribution < -0.4 is 5.32 Å². The van der Waals surface area contributed by atoms with Crippen LogP contribution in [0.25, 0.3) is 5.65 Å². The summed E-state index contributed by atoms with van der Waals surface area (Å²) in [5, 5.41) is 8.10. The summed E-state index contributed by atoms with van der Waals surface area (Å²) in [7, 11) is 0. The Morgan fingerprint density at radius 2 is 1.80 bits per heavy atom. The monoisotopic (exact) mass is 398 g/mol. The number of rotatable bonds is 4. The van der Waals surface area contributed by atoms with Gasteiger partial charge in [-0.2, -0.15) is 5.10 Å². The van der Waals surface area contributed by atoms with Gasteiger partial charge in [-0.3, -0.25) is 9.78 Å². The van der Waals surface area contributed by atoms with Crippen molar-refractivity contribution in [3.8, 4) is 0 Å². The molecule has 7 heteroatoms. The molecule has 0 spiro atoms. The maximum atomic E-state index is 12.6. The van der Waals surface area contributed by atoms with E-state index in [1.54, 1.807) is 18.5 Å². The number of hydrogen-bond acceptors (Lipinski definition) is 5. The van der Waals surface area contributed by atoms with Crippen molar-refractivity contribution in [2.24, 2.45) is 0 Å². The molecule has 4 aromatic rings. The minimum absolute atomic E-state index is 0.0427. The molecule has 1 aromatic carbocycles. The van der Waals surface area contributed by atoms with Gasteiger partial charge in [0.25, 0.3) is 5.91 Å². The highest BCUT2D eigenvalue weighted by atomic mass is 16.2. The zero-order chi connectivity index (χ0) is 20.3. The number of para-hydroxylation sites is 1. The van der Waals surface area contributed by atoms with Crippen LogP contribution in [-0.4, -0.2) is 43.5 Å². The third-order valence-electron chi connectivity index (χ3n) is 5.47. The first-order valence-electron chi connectivity index (χ1n) is 10.1. The lowest BCUT2D eigenvalue weighted by Crippen LogP contribution is -2.38. The second kappa shape index (κ2) is 7.94. The Morgan fingerprint density at radius 1 is 0.967 bits per heavy atom. The molecule has 150 valence electrons. The van der Waals surface area contributed by atoms with Gasteiger partial charge < -0.3 is 10.2 Å². The maximum absolute atomic E-state index is 12.6. The lowest BCUT2D eigenvalue weighted by Gasteiger charge is -2.30. The quantitative estimate of drug-likeness (QED) is 0.564. The lowest BCUT2D eigenvalue weighted by molar-refractivity contribution is 0.0710. The van der Waals surface area contributed by atoms with Gasteiger partial charge in [0.2, 0.25) is 0 Å². The molecule has 3 aromatic heterocycles. The van der Waals surface area contributed by atoms with Crippen LogP contribution >= 0.6 is 0 Å². The van der Waals surface area contributed by atoms with Gasteiger partial charge in [0, 0.05) is 37.1 Å². The Morgan fingerprint density at radius 3 is 2.57 bits per heavy atom. The number of benzene rings is 1. The van der Waals surface area contributed by atoms with Crippen LogP contribution in [0, 0.1) is 0 Å². The standard InChI is InChI=1S/C23H22N6O/c30-23(18-5-4-12-24-15-18)28-13-10-17(11-14-28)22-26-21-9-8-20(16-29(21)27-22)25-19-6-2-1-3-7-19/h1-9,12,15-17,25H,10-11,13-14H2. The highest BCUT2D eigenvalue weighted by molar-refractivity contribution is 5.93. The van der Waals surface area contributed by atoms with E-state index < -0.39 is 0 Å². The number of piperidine rings is 1. The largest absolute Gasteiger partial charge is 0.354 e. The minimum Gasteiger partial charge on any atom is -0.354 e. The van der Waals surface area contributed by atoms with Gasteiger partial charge in [-0.05, 0) is 49.2 Å². The number of pyridine rings is 2. The second-order valence-electron chi connectivity index (χ2n) is 7.49. The van der Waals surface area contributed by atoms with Crippen molar-refractivity contribution in [3.63, 3.8) is 0 Å². The summed E-state index contributed by atoms with van der Waals surface area (Å²) in [5.74, 6) is 1.15. The number of fused-ring (bicyclic) bond motifs is 1. The molecule has 0 saturated carbocycles. The fraction of sp³-hybridized carbons (Fsp3) is 0.217. The number of amides is 1. The summed E-state index contributed by atoms with van der Waals surface area (Å²) in [6, 6.07) is 17.6. The van der Waals surface area contributed by atoms with Crippen LogP contribution in [0.15, 0.2) is 73.2 Å². The SMILES string of the molecule is O=C(c1cccnc1)N1CCC(c2nc3ccc(Nc4ccccc4)cn3n2)CC1. The van der Waals surface area contributed by atoms with Gasteiger partial charge in [0.1, 0.15) is 0 Å². The fourth-order valence-electron chi connectivity index (χ4n) is 3.85. The molecule has 1 aliphatic heterocycles. The summed E-state index contributed by atoms with van der Waals surface area (Å²) in [5.41, 5.74) is 3.46. The molecule has 7 nitrogen and oxygen atoms in total. The van der Waals surface area contributed by atoms with Gasteiger partial charge in [-0.1, -0.05) is 18.2 Å². The Labute approximate surface area is 174 Å². The summed E-state index contributed by atoms with van der Waals surface area (Å²) < 4.78 is 1.83. The van der Waals surface area contributed by atoms with Gasteiger partial charge in [-0.15, -0.1) is 0 Å². The van der Waals surface area contributed by atoms with Crippen molar-refractivity contribution in [2.45, 2.75) is 18.8 Å². The molecule has 1 aliphatic rings. The van der Waals surface area contributed by atoms with E-state index in [0.29, 0.717) is 18.7 Å². The molecule has 30 heavy (non-hydrogen) atoms. The third kappa shape index (κ3) is 3.74. The maximum Gasteiger partial charge on any atom is 0.255 e. The van der Waals surface area contributed by atoms with Crippen molar-refractivity contribution >= 4 is 22.9 Å². The normalized spacial score (nSPS) is 14.7. The number of hydrogen-bond donors (Lipinski definition) is 1. The molecule has 0 bridgehead atoms. The summed E-state index contributed by atoms with van der Waals surface area (Å²) in [6.07, 6.45) is 6.98. The van der Waals surface area contributed by atoms with E-state index in [1.807, 2.05) is 64.1 Å². The van der Waals surface area contributed by atoms with Gasteiger partial charge in [-0.25, -0.2) is 9.50 Å². The van der Waals surface area contributed by atoms with Crippen LogP contribution in [0.2, 0.25) is 0 Å². The van der Waals surface area contributed by atoms with Crippen LogP contribution in [0.4, 0.5) is 11.4 Å². The zero-order valence-corrected chi connectivity index (χ0v) is 16.5. The Bertz CT molecular complexity index is 1150. The van der Waals surface area contributed by atoms with Gasteiger partial charge in [0.05, 0.1) is 17.4 Å². The van der Waals surface area contributed by atoms with Gasteiger partial charge >= 0.3 is 0 Å². The van der Waals surface area contributed by atoms with E-state index in [1.165, 1.54) is 0 Å². The number of nitrogens with zero attached hydrogens (tertiary/aromatic N) is 5. The molecule has 0 aliphatic carbocycles. The molecular formula is C23H22N6O. The highest BCUT2D eigenvalue weighted by Gasteiger charge is 2.27. The Kier molecular flexibility index (Phi) is 4.85. The predicted molar refractivity (Wildman–Crippen MR) is 115 cm³/mol. The number of carbonyl (C=O) groups excluding carboxylic acids is 1. The van der Waals surface area contributed by atoms with Crippen LogP contribution in [0.3, 0.4) is 0 Å². The number of carbonyl (C=O) groups is 1. The van der Waals surface area contributed by atoms with Crippen molar-refractivity contribution in [3.05, 3.63) is 84.6 Å². The molecule has 0 unspecified atom stereocenters. The predicted octanol–water partition coefficient (Wildman–Crippen LogP) is 3.89. The van der Waals surface area contributed by atoms with E-state index in [9.17, 15) is 4.79 Å². The highest BCUT2D eigenvalue weighted by Crippen LogP contribution is 2.27. The summed E-state index contributed by atoms with van der Waals surface area (Å²) >= 11 is 0. The Balaban J connectivity index is 1.27. The molecule has 1 saturated heterocycles. The molecule has 5 rings (SSSR count). The first kappa shape index (κ1) is 18.3. The molecule has 0 atom stereocenters. The molecule has 4 heterocycles. The number of nitrogens with one attached hydrogen (secondary N) is 1. The second-order valence-corrected chi connectivity index (χ2v) is 7.49. The summed E-state index contributed by atoms with van der Waals surface area (Å²) in [4.78, 5) is 23.3. The molecule has 1 fully saturated rings. The molecular weight excluding hydrogens is 376 g/mol. The molecule has 1 N–H and O–H groups in total. The van der Waals surface area contributed by atoms with E-state index in [4.69, 9.17) is 10.1 Å². The smallest absolute Gasteiger partial charge is 0.255 e. The average molecular weight is 398 g/mol. The van der Waals surface area contributed by atoms with Crippen molar-refractivity contribution < 1.29 is 4.79 Å². The van der Waals surface area contributed by atoms with Crippen LogP contribution in [-0.2, 0) is 0 Å². The molecule has 0 radical (unpaired) electrons. The van der Waals surface area contributed by atoms with Crippen molar-refractivity contribution in [1.29, 1.82) is 0 Å². The fourth-order valence-corrected chi connectivity index (χ4v) is 3.85. The number of anilines is 2. The lowest BCUT2D eigenvalue weighted by atomic mass is 9.96. The van der Waals surface area contributed by atoms with Crippen molar-refractivity contribution in [2.75, 3.05) is 18.4 Å². The van der Waals surface area contributed by atoms with E-state index in [-0.39, 0.29) is 11.8 Å². The van der Waals surface area contributed by atoms with Crippen molar-refractivity contribution in [1.82, 2.24) is 24.5 Å². The van der Waals surface area contributed by atoms with Crippen LogP contribution in [0.5, 0.6) is 0 Å². The van der Waals surface area contributed by atoms with E-state index in [2.05, 4.69) is 10.3 Å². The Hall–Kier alpha value is -3.74. The topological polar surface area (TPSA) is 75.4 Å². The number of likely N-dealkylation sites (tertiary alicyclic amines) is 1. The average Bonchev–Trinajstić information content (AvgIpc) is 3.23. The minimum atomic E-state index is 0.0427. The van der Waals surface area contributed by atoms with E-state index >= 15 is 0 Å². The van der Waals surface area contributed by atoms with Crippen LogP contribution in [0.1, 0.15) is 34.9 Å². The number of aromatic nitrogens is 4. The molecule has 1 amide bonds. The first-order valence-corrected chi connectivity index (χ1v) is 10.1. The third-order valence-corrected chi connectivity index (χ3v) is 5.47. The zero-order valence-electron chi connectivity index (χ0n) is 16.5. The summed E-state index contributed by atoms with van der Waals surface area (Å²) in [6.45, 7) is 1.41. The first-order chi connectivity index (χ1) is 14.8.